The molecular formula is C14H23N5O. The van der Waals surface area contributed by atoms with Gasteiger partial charge in [-0.05, 0) is 32.6 Å². The first-order valence-corrected chi connectivity index (χ1v) is 7.15. The molecule has 1 amide bonds. The molecule has 2 aliphatic heterocycles. The van der Waals surface area contributed by atoms with Crippen LogP contribution in [-0.2, 0) is 7.05 Å². The molecule has 0 aliphatic carbocycles. The van der Waals surface area contributed by atoms with Gasteiger partial charge in [0.15, 0.2) is 0 Å². The van der Waals surface area contributed by atoms with E-state index in [1.165, 1.54) is 0 Å². The summed E-state index contributed by atoms with van der Waals surface area (Å²) in [6.45, 7) is 9.37. The van der Waals surface area contributed by atoms with Gasteiger partial charge in [0.1, 0.15) is 11.4 Å². The molecule has 0 saturated carbocycles. The first-order valence-electron chi connectivity index (χ1n) is 7.15. The maximum atomic E-state index is 11.8. The lowest BCUT2D eigenvalue weighted by atomic mass is 9.85. The standard InChI is InChI=1S/C14H23N5O/c1-8-11(12(15)20)13(18(4)17-8)19-7-9-5-16-6-10(9)14(19,2)3/h9-10,16H,5-7H2,1-4H3,(H2,15,20). The van der Waals surface area contributed by atoms with Crippen molar-refractivity contribution in [3.63, 3.8) is 0 Å². The van der Waals surface area contributed by atoms with Gasteiger partial charge in [0.25, 0.3) is 5.91 Å². The van der Waals surface area contributed by atoms with Gasteiger partial charge in [-0.2, -0.15) is 5.10 Å². The zero-order valence-electron chi connectivity index (χ0n) is 12.6. The van der Waals surface area contributed by atoms with Crippen molar-refractivity contribution < 1.29 is 4.79 Å². The van der Waals surface area contributed by atoms with Crippen molar-refractivity contribution in [1.29, 1.82) is 0 Å². The van der Waals surface area contributed by atoms with Gasteiger partial charge in [-0.15, -0.1) is 0 Å². The van der Waals surface area contributed by atoms with E-state index in [2.05, 4.69) is 29.2 Å². The smallest absolute Gasteiger partial charge is 0.254 e. The highest BCUT2D eigenvalue weighted by Gasteiger charge is 2.51. The highest BCUT2D eigenvalue weighted by molar-refractivity contribution is 5.99. The van der Waals surface area contributed by atoms with E-state index >= 15 is 0 Å². The molecule has 2 saturated heterocycles. The number of nitrogens with two attached hydrogens (primary N) is 1. The van der Waals surface area contributed by atoms with E-state index in [-0.39, 0.29) is 5.54 Å². The number of nitrogens with zero attached hydrogens (tertiary/aromatic N) is 3. The fourth-order valence-electron chi connectivity index (χ4n) is 4.03. The van der Waals surface area contributed by atoms with Gasteiger partial charge in [-0.3, -0.25) is 9.48 Å². The highest BCUT2D eigenvalue weighted by Crippen LogP contribution is 2.44. The van der Waals surface area contributed by atoms with Gasteiger partial charge in [-0.1, -0.05) is 0 Å². The number of aryl methyl sites for hydroxylation is 2. The third-order valence-corrected chi connectivity index (χ3v) is 5.05. The maximum absolute atomic E-state index is 11.8. The van der Waals surface area contributed by atoms with Crippen molar-refractivity contribution in [2.75, 3.05) is 24.5 Å². The summed E-state index contributed by atoms with van der Waals surface area (Å²) in [7, 11) is 1.89. The fourth-order valence-corrected chi connectivity index (χ4v) is 4.03. The van der Waals surface area contributed by atoms with Crippen molar-refractivity contribution in [2.45, 2.75) is 26.3 Å². The molecule has 3 rings (SSSR count). The largest absolute Gasteiger partial charge is 0.365 e. The molecule has 6 heteroatoms. The lowest BCUT2D eigenvalue weighted by Crippen LogP contribution is -2.46. The average Bonchev–Trinajstić information content (AvgIpc) is 2.95. The number of anilines is 1. The maximum Gasteiger partial charge on any atom is 0.254 e. The lowest BCUT2D eigenvalue weighted by molar-refractivity contribution is 0.1000. The molecule has 6 nitrogen and oxygen atoms in total. The molecule has 2 atom stereocenters. The predicted octanol–water partition coefficient (Wildman–Crippen LogP) is 0.262. The normalized spacial score (nSPS) is 27.9. The molecule has 2 fully saturated rings. The second-order valence-corrected chi connectivity index (χ2v) is 6.56. The summed E-state index contributed by atoms with van der Waals surface area (Å²) in [5, 5.41) is 7.86. The Labute approximate surface area is 119 Å². The Morgan fingerprint density at radius 3 is 2.75 bits per heavy atom. The van der Waals surface area contributed by atoms with E-state index in [0.717, 1.165) is 25.5 Å². The quantitative estimate of drug-likeness (QED) is 0.813. The Bertz CT molecular complexity index is 562. The van der Waals surface area contributed by atoms with Crippen LogP contribution >= 0.6 is 0 Å². The summed E-state index contributed by atoms with van der Waals surface area (Å²) in [5.41, 5.74) is 6.84. The van der Waals surface area contributed by atoms with Crippen LogP contribution in [0.4, 0.5) is 5.82 Å². The van der Waals surface area contributed by atoms with Crippen LogP contribution in [0, 0.1) is 18.8 Å². The molecule has 110 valence electrons. The molecule has 2 aliphatic rings. The summed E-state index contributed by atoms with van der Waals surface area (Å²) in [6, 6.07) is 0. The number of primary amides is 1. The number of hydrogen-bond donors (Lipinski definition) is 2. The van der Waals surface area contributed by atoms with Crippen molar-refractivity contribution in [1.82, 2.24) is 15.1 Å². The second kappa shape index (κ2) is 4.22. The van der Waals surface area contributed by atoms with E-state index in [9.17, 15) is 4.79 Å². The number of fused-ring (bicyclic) bond motifs is 1. The molecule has 0 bridgehead atoms. The van der Waals surface area contributed by atoms with Gasteiger partial charge in [0, 0.05) is 32.2 Å². The third-order valence-electron chi connectivity index (χ3n) is 5.05. The van der Waals surface area contributed by atoms with Crippen LogP contribution in [0.3, 0.4) is 0 Å². The summed E-state index contributed by atoms with van der Waals surface area (Å²) in [6.07, 6.45) is 0. The zero-order valence-corrected chi connectivity index (χ0v) is 12.6. The number of carbonyl (C=O) groups excluding carboxylic acids is 1. The molecule has 3 heterocycles. The molecule has 3 N–H and O–H groups in total. The van der Waals surface area contributed by atoms with Crippen LogP contribution in [0.5, 0.6) is 0 Å². The van der Waals surface area contributed by atoms with Gasteiger partial charge in [0.2, 0.25) is 0 Å². The molecule has 0 spiro atoms. The van der Waals surface area contributed by atoms with Gasteiger partial charge in [0.05, 0.1) is 5.69 Å². The molecule has 1 aromatic heterocycles. The number of rotatable bonds is 2. The predicted molar refractivity (Wildman–Crippen MR) is 77.7 cm³/mol. The van der Waals surface area contributed by atoms with Crippen LogP contribution in [0.15, 0.2) is 0 Å². The fraction of sp³-hybridized carbons (Fsp3) is 0.714. The molecule has 20 heavy (non-hydrogen) atoms. The van der Waals surface area contributed by atoms with Crippen molar-refractivity contribution >= 4 is 11.7 Å². The Balaban J connectivity index is 2.08. The van der Waals surface area contributed by atoms with Gasteiger partial charge >= 0.3 is 0 Å². The number of aromatic nitrogens is 2. The van der Waals surface area contributed by atoms with E-state index < -0.39 is 5.91 Å². The number of carbonyl (C=O) groups is 1. The van der Waals surface area contributed by atoms with E-state index in [0.29, 0.717) is 23.1 Å². The van der Waals surface area contributed by atoms with Gasteiger partial charge < -0.3 is 16.0 Å². The summed E-state index contributed by atoms with van der Waals surface area (Å²) in [4.78, 5) is 14.1. The van der Waals surface area contributed by atoms with E-state index in [1.807, 2.05) is 14.0 Å². The molecule has 0 aromatic carbocycles. The van der Waals surface area contributed by atoms with Crippen molar-refractivity contribution in [3.05, 3.63) is 11.3 Å². The van der Waals surface area contributed by atoms with Crippen LogP contribution in [-0.4, -0.2) is 40.9 Å². The first kappa shape index (κ1) is 13.4. The monoisotopic (exact) mass is 277 g/mol. The number of nitrogens with one attached hydrogen (secondary N) is 1. The Hall–Kier alpha value is -1.56. The number of hydrogen-bond acceptors (Lipinski definition) is 4. The van der Waals surface area contributed by atoms with Crippen LogP contribution in [0.25, 0.3) is 0 Å². The number of amides is 1. The minimum atomic E-state index is -0.392. The average molecular weight is 277 g/mol. The first-order chi connectivity index (χ1) is 9.34. The Morgan fingerprint density at radius 1 is 1.45 bits per heavy atom. The van der Waals surface area contributed by atoms with Gasteiger partial charge in [-0.25, -0.2) is 0 Å². The zero-order chi connectivity index (χ0) is 14.7. The van der Waals surface area contributed by atoms with E-state index in [4.69, 9.17) is 5.73 Å². The topological polar surface area (TPSA) is 76.2 Å². The summed E-state index contributed by atoms with van der Waals surface area (Å²) >= 11 is 0. The van der Waals surface area contributed by atoms with Crippen molar-refractivity contribution in [3.8, 4) is 0 Å². The lowest BCUT2D eigenvalue weighted by Gasteiger charge is -2.37. The minimum Gasteiger partial charge on any atom is -0.365 e. The Morgan fingerprint density at radius 2 is 2.15 bits per heavy atom. The van der Waals surface area contributed by atoms with E-state index in [1.54, 1.807) is 4.68 Å². The minimum absolute atomic E-state index is 0.00139. The van der Waals surface area contributed by atoms with Crippen molar-refractivity contribution in [2.24, 2.45) is 24.6 Å². The SMILES string of the molecule is Cc1nn(C)c(N2CC3CNCC3C2(C)C)c1C(N)=O. The Kier molecular flexibility index (Phi) is 2.83. The molecular weight excluding hydrogens is 254 g/mol. The van der Waals surface area contributed by atoms with Crippen LogP contribution < -0.4 is 16.0 Å². The second-order valence-electron chi connectivity index (χ2n) is 6.56. The van der Waals surface area contributed by atoms with Crippen LogP contribution in [0.2, 0.25) is 0 Å². The molecule has 1 aromatic rings. The summed E-state index contributed by atoms with van der Waals surface area (Å²) < 4.78 is 1.80. The molecule has 2 unspecified atom stereocenters. The molecule has 0 radical (unpaired) electrons. The summed E-state index contributed by atoms with van der Waals surface area (Å²) in [5.74, 6) is 1.70. The highest BCUT2D eigenvalue weighted by atomic mass is 16.1. The third kappa shape index (κ3) is 1.67. The van der Waals surface area contributed by atoms with Crippen LogP contribution in [0.1, 0.15) is 29.9 Å².